The zero-order valence-electron chi connectivity index (χ0n) is 24.5. The van der Waals surface area contributed by atoms with Gasteiger partial charge in [0.15, 0.2) is 0 Å². The van der Waals surface area contributed by atoms with E-state index in [-0.39, 0.29) is 35.6 Å². The summed E-state index contributed by atoms with van der Waals surface area (Å²) in [7, 11) is 0. The van der Waals surface area contributed by atoms with Crippen molar-refractivity contribution in [3.63, 3.8) is 0 Å². The van der Waals surface area contributed by atoms with Gasteiger partial charge in [-0.3, -0.25) is 0 Å². The molecule has 41 heavy (non-hydrogen) atoms. The van der Waals surface area contributed by atoms with Crippen LogP contribution in [0, 0.1) is 0 Å². The van der Waals surface area contributed by atoms with Crippen molar-refractivity contribution in [3.05, 3.63) is 130 Å². The van der Waals surface area contributed by atoms with E-state index in [9.17, 15) is 0 Å². The van der Waals surface area contributed by atoms with E-state index in [2.05, 4.69) is 114 Å². The molecule has 0 amide bonds. The van der Waals surface area contributed by atoms with Gasteiger partial charge in [0, 0.05) is 0 Å². The van der Waals surface area contributed by atoms with E-state index in [1.807, 2.05) is 24.5 Å². The molecule has 2 nitrogen and oxygen atoms in total. The number of hydrogen-bond donors (Lipinski definition) is 0. The van der Waals surface area contributed by atoms with Crippen LogP contribution in [-0.2, 0) is 34.1 Å². The topological polar surface area (TPSA) is 25.8 Å². The summed E-state index contributed by atoms with van der Waals surface area (Å²) in [6.45, 7) is 14.0. The van der Waals surface area contributed by atoms with Gasteiger partial charge in [0.2, 0.25) is 0 Å². The van der Waals surface area contributed by atoms with Crippen molar-refractivity contribution in [2.45, 2.75) is 59.6 Å². The van der Waals surface area contributed by atoms with Crippen molar-refractivity contribution < 1.29 is 48.0 Å². The molecule has 208 valence electrons. The summed E-state index contributed by atoms with van der Waals surface area (Å²) in [5, 5.41) is 0. The molecular formula is C36H36Cl2N2Zr. The second-order valence-electron chi connectivity index (χ2n) is 12.8. The minimum atomic E-state index is -1.16. The average Bonchev–Trinajstić information content (AvgIpc) is 3.47. The molecule has 0 spiro atoms. The number of nitrogens with zero attached hydrogens (tertiary/aromatic N) is 2. The maximum Gasteiger partial charge on any atom is -1.00 e. The monoisotopic (exact) mass is 656 g/mol. The molecular weight excluding hydrogens is 623 g/mol. The zero-order valence-corrected chi connectivity index (χ0v) is 28.5. The fourth-order valence-corrected chi connectivity index (χ4v) is 11.1. The zero-order chi connectivity index (χ0) is 27.4. The Morgan fingerprint density at radius 3 is 1.29 bits per heavy atom. The van der Waals surface area contributed by atoms with Crippen molar-refractivity contribution >= 4 is 23.3 Å². The summed E-state index contributed by atoms with van der Waals surface area (Å²) in [5.74, 6) is 0. The van der Waals surface area contributed by atoms with Gasteiger partial charge in [0.05, 0.1) is 0 Å². The third-order valence-corrected chi connectivity index (χ3v) is 12.7. The summed E-state index contributed by atoms with van der Waals surface area (Å²) in [4.78, 5) is 9.72. The molecule has 2 unspecified atom stereocenters. The van der Waals surface area contributed by atoms with E-state index in [0.717, 1.165) is 11.4 Å². The van der Waals surface area contributed by atoms with E-state index in [1.165, 1.54) is 44.5 Å². The molecule has 6 rings (SSSR count). The Morgan fingerprint density at radius 2 is 0.951 bits per heavy atom. The van der Waals surface area contributed by atoms with E-state index < -0.39 is 23.2 Å². The second-order valence-corrected chi connectivity index (χ2v) is 16.4. The number of halogens is 2. The normalized spacial score (nSPS) is 17.3. The van der Waals surface area contributed by atoms with Crippen LogP contribution in [-0.4, -0.2) is 9.97 Å². The van der Waals surface area contributed by atoms with Crippen LogP contribution >= 0.6 is 0 Å². The molecule has 2 aliphatic rings. The molecule has 2 aliphatic carbocycles. The van der Waals surface area contributed by atoms with Crippen LogP contribution in [0.2, 0.25) is 0 Å². The molecule has 0 aliphatic heterocycles. The minimum absolute atomic E-state index is 0. The average molecular weight is 659 g/mol. The predicted octanol–water partition coefficient (Wildman–Crippen LogP) is 3.05. The van der Waals surface area contributed by atoms with Crippen LogP contribution in [0.3, 0.4) is 0 Å². The molecule has 0 radical (unpaired) electrons. The van der Waals surface area contributed by atoms with Crippen LogP contribution in [0.5, 0.6) is 0 Å². The Balaban J connectivity index is 0.00000194. The van der Waals surface area contributed by atoms with Crippen molar-refractivity contribution in [3.8, 4) is 0 Å². The summed E-state index contributed by atoms with van der Waals surface area (Å²) in [6, 6.07) is 26.6. The predicted molar refractivity (Wildman–Crippen MR) is 160 cm³/mol. The molecule has 0 saturated heterocycles. The first-order valence-corrected chi connectivity index (χ1v) is 16.8. The van der Waals surface area contributed by atoms with Crippen LogP contribution in [0.4, 0.5) is 0 Å². The van der Waals surface area contributed by atoms with Crippen molar-refractivity contribution in [2.75, 3.05) is 0 Å². The Morgan fingerprint density at radius 1 is 0.537 bits per heavy atom. The fourth-order valence-electron chi connectivity index (χ4n) is 6.15. The molecule has 2 heterocycles. The third-order valence-electron chi connectivity index (χ3n) is 7.99. The summed E-state index contributed by atoms with van der Waals surface area (Å²) >= 11 is -1.16. The van der Waals surface area contributed by atoms with Gasteiger partial charge < -0.3 is 24.8 Å². The quantitative estimate of drug-likeness (QED) is 0.337. The second kappa shape index (κ2) is 12.1. The number of rotatable bonds is 4. The Bertz CT molecular complexity index is 1480. The van der Waals surface area contributed by atoms with Crippen molar-refractivity contribution in [2.24, 2.45) is 0 Å². The van der Waals surface area contributed by atoms with Crippen LogP contribution in [0.1, 0.15) is 93.6 Å². The van der Waals surface area contributed by atoms with E-state index in [1.54, 1.807) is 0 Å². The minimum Gasteiger partial charge on any atom is -1.00 e. The first-order chi connectivity index (χ1) is 18.6. The van der Waals surface area contributed by atoms with Gasteiger partial charge in [-0.25, -0.2) is 0 Å². The number of allylic oxidation sites excluding steroid dienone is 2. The van der Waals surface area contributed by atoms with Gasteiger partial charge in [-0.05, 0) is 0 Å². The molecule has 2 aromatic carbocycles. The van der Waals surface area contributed by atoms with Gasteiger partial charge in [-0.15, -0.1) is 0 Å². The maximum absolute atomic E-state index is 4.86. The van der Waals surface area contributed by atoms with Gasteiger partial charge in [0.25, 0.3) is 0 Å². The summed E-state index contributed by atoms with van der Waals surface area (Å²) in [6.07, 6.45) is 8.81. The van der Waals surface area contributed by atoms with Gasteiger partial charge in [-0.1, -0.05) is 0 Å². The van der Waals surface area contributed by atoms with Crippen molar-refractivity contribution in [1.29, 1.82) is 0 Å². The molecule has 0 saturated carbocycles. The third kappa shape index (κ3) is 5.97. The van der Waals surface area contributed by atoms with Gasteiger partial charge in [0.1, 0.15) is 0 Å². The molecule has 0 N–H and O–H groups in total. The summed E-state index contributed by atoms with van der Waals surface area (Å²) < 4.78 is 0.837. The molecule has 2 aromatic heterocycles. The van der Waals surface area contributed by atoms with E-state index in [4.69, 9.17) is 9.97 Å². The Hall–Kier alpha value is -2.32. The molecule has 0 bridgehead atoms. The first kappa shape index (κ1) is 31.6. The Labute approximate surface area is 269 Å². The molecule has 5 heteroatoms. The van der Waals surface area contributed by atoms with Crippen LogP contribution in [0.15, 0.2) is 85.2 Å². The number of hydrogen-bond acceptors (Lipinski definition) is 2. The van der Waals surface area contributed by atoms with E-state index in [0.29, 0.717) is 7.25 Å². The van der Waals surface area contributed by atoms with Gasteiger partial charge in [-0.2, -0.15) is 0 Å². The number of benzene rings is 2. The van der Waals surface area contributed by atoms with E-state index >= 15 is 0 Å². The van der Waals surface area contributed by atoms with Crippen LogP contribution in [0.25, 0.3) is 23.3 Å². The fraction of sp³-hybridized carbons (Fsp3) is 0.278. The standard InChI is InChI=1S/2C18H18N.2ClH.Zr/c2*1-18(2,3)16-8-6-7-13-11-14(12-15(13)16)17-9-4-5-10-19-17;;;/h2*4-12H,1-3H3;2*1H;/q;;;;+2/p-2. The van der Waals surface area contributed by atoms with Crippen molar-refractivity contribution in [1.82, 2.24) is 9.97 Å². The maximum atomic E-state index is 4.86. The summed E-state index contributed by atoms with van der Waals surface area (Å²) in [5.41, 5.74) is 13.9. The molecule has 0 fully saturated rings. The smallest absolute Gasteiger partial charge is 1.00 e. The molecule has 4 aromatic rings. The first-order valence-electron chi connectivity index (χ1n) is 13.9. The van der Waals surface area contributed by atoms with Crippen LogP contribution < -0.4 is 24.8 Å². The number of fused-ring (bicyclic) bond motifs is 2. The van der Waals surface area contributed by atoms with Gasteiger partial charge >= 0.3 is 246 Å². The number of pyridine rings is 2. The SMILES string of the molecule is CC(C)(C)c1cccc2c1C=C(c1ccccn1)[CH]2[Zr+2][CH]1C(c2ccccn2)=Cc2c1cccc2C(C)(C)C.[Cl-].[Cl-]. The largest absolute Gasteiger partial charge is 1.00 e. The molecule has 2 atom stereocenters. The Kier molecular flexibility index (Phi) is 9.35. The number of aromatic nitrogens is 2.